The number of methoxy groups -OCH3 is 1. The van der Waals surface area contributed by atoms with E-state index in [4.69, 9.17) is 14.2 Å². The monoisotopic (exact) mass is 393 g/mol. The summed E-state index contributed by atoms with van der Waals surface area (Å²) in [4.78, 5) is 12.1. The van der Waals surface area contributed by atoms with Crippen LogP contribution in [0.1, 0.15) is 55.9 Å². The molecule has 7 nitrogen and oxygen atoms in total. The summed E-state index contributed by atoms with van der Waals surface area (Å²) in [7, 11) is 1.42. The lowest BCUT2D eigenvalue weighted by Gasteiger charge is -2.33. The molecule has 3 N–H and O–H groups in total. The van der Waals surface area contributed by atoms with E-state index in [1.165, 1.54) is 13.2 Å². The molecule has 1 aromatic carbocycles. The minimum atomic E-state index is -0.643. The topological polar surface area (TPSA) is 80.9 Å². The van der Waals surface area contributed by atoms with Crippen LogP contribution in [-0.4, -0.2) is 38.5 Å². The van der Waals surface area contributed by atoms with Gasteiger partial charge in [-0.25, -0.2) is 14.6 Å². The number of benzene rings is 1. The Kier molecular flexibility index (Phi) is 5.70. The molecular weight excluding hydrogens is 365 g/mol. The zero-order chi connectivity index (χ0) is 19.7. The number of ether oxygens (including phenoxy) is 3. The van der Waals surface area contributed by atoms with Crippen molar-refractivity contribution >= 4 is 6.09 Å². The van der Waals surface area contributed by atoms with Crippen molar-refractivity contribution in [3.63, 3.8) is 0 Å². The van der Waals surface area contributed by atoms with Gasteiger partial charge in [0.2, 0.25) is 0 Å². The molecule has 4 rings (SSSR count). The molecule has 3 aliphatic rings. The van der Waals surface area contributed by atoms with Crippen LogP contribution in [0.15, 0.2) is 12.1 Å². The van der Waals surface area contributed by atoms with Crippen LogP contribution >= 0.6 is 0 Å². The van der Waals surface area contributed by atoms with E-state index in [0.717, 1.165) is 31.2 Å². The lowest BCUT2D eigenvalue weighted by molar-refractivity contribution is 0.00709. The van der Waals surface area contributed by atoms with E-state index in [0.29, 0.717) is 30.7 Å². The molecule has 2 aliphatic heterocycles. The summed E-state index contributed by atoms with van der Waals surface area (Å²) >= 11 is 0. The van der Waals surface area contributed by atoms with Gasteiger partial charge in [-0.05, 0) is 56.2 Å². The Morgan fingerprint density at radius 1 is 1.25 bits per heavy atom. The van der Waals surface area contributed by atoms with Gasteiger partial charge in [-0.3, -0.25) is 5.43 Å². The number of nitrogens with one attached hydrogen (secondary N) is 3. The largest absolute Gasteiger partial charge is 0.493 e. The summed E-state index contributed by atoms with van der Waals surface area (Å²) in [5.41, 5.74) is 8.06. The van der Waals surface area contributed by atoms with Gasteiger partial charge in [0.1, 0.15) is 6.10 Å². The highest BCUT2D eigenvalue weighted by molar-refractivity contribution is 5.67. The first-order chi connectivity index (χ1) is 13.6. The van der Waals surface area contributed by atoms with Crippen molar-refractivity contribution in [1.29, 1.82) is 0 Å². The SMILES string of the molecule is COc1c(F)cc2cc1C(C)OC(=O)NCCCOC1CCC3NNC2C3C1. The second-order valence-electron chi connectivity index (χ2n) is 7.80. The molecule has 1 amide bonds. The van der Waals surface area contributed by atoms with Crippen LogP contribution in [0.3, 0.4) is 0 Å². The molecule has 0 radical (unpaired) electrons. The number of carbonyl (C=O) groups is 1. The van der Waals surface area contributed by atoms with Gasteiger partial charge in [0.05, 0.1) is 19.3 Å². The van der Waals surface area contributed by atoms with Gasteiger partial charge in [0, 0.05) is 24.8 Å². The van der Waals surface area contributed by atoms with Crippen molar-refractivity contribution in [2.45, 2.75) is 56.9 Å². The van der Waals surface area contributed by atoms with Gasteiger partial charge in [0.15, 0.2) is 11.6 Å². The molecule has 5 atom stereocenters. The second-order valence-corrected chi connectivity index (χ2v) is 7.80. The lowest BCUT2D eigenvalue weighted by atomic mass is 9.78. The van der Waals surface area contributed by atoms with Crippen LogP contribution in [0.4, 0.5) is 9.18 Å². The van der Waals surface area contributed by atoms with E-state index >= 15 is 0 Å². The Balaban J connectivity index is 1.70. The highest BCUT2D eigenvalue weighted by Gasteiger charge is 2.42. The van der Waals surface area contributed by atoms with Crippen LogP contribution in [0, 0.1) is 11.7 Å². The second kappa shape index (κ2) is 8.23. The summed E-state index contributed by atoms with van der Waals surface area (Å²) in [6.45, 7) is 2.79. The molecule has 2 heterocycles. The highest BCUT2D eigenvalue weighted by atomic mass is 19.1. The number of amides is 1. The van der Waals surface area contributed by atoms with Crippen molar-refractivity contribution in [3.8, 4) is 5.75 Å². The van der Waals surface area contributed by atoms with Gasteiger partial charge < -0.3 is 19.5 Å². The van der Waals surface area contributed by atoms with Crippen molar-refractivity contribution in [2.75, 3.05) is 20.3 Å². The zero-order valence-electron chi connectivity index (χ0n) is 16.3. The molecule has 4 bridgehead atoms. The number of hydrogen-bond acceptors (Lipinski definition) is 6. The molecule has 28 heavy (non-hydrogen) atoms. The number of alkyl carbamates (subject to hydrolysis) is 1. The first-order valence-electron chi connectivity index (χ1n) is 10.0. The molecule has 154 valence electrons. The number of carbonyl (C=O) groups excluding carboxylic acids is 1. The maximum absolute atomic E-state index is 14.8. The average molecular weight is 393 g/mol. The van der Waals surface area contributed by atoms with Crippen molar-refractivity contribution < 1.29 is 23.4 Å². The number of hydrazine groups is 1. The van der Waals surface area contributed by atoms with E-state index < -0.39 is 18.0 Å². The van der Waals surface area contributed by atoms with E-state index in [1.807, 2.05) is 6.07 Å². The fraction of sp³-hybridized carbons (Fsp3) is 0.650. The number of hydrogen-bond donors (Lipinski definition) is 3. The van der Waals surface area contributed by atoms with Gasteiger partial charge in [-0.2, -0.15) is 0 Å². The van der Waals surface area contributed by atoms with Gasteiger partial charge in [0.25, 0.3) is 0 Å². The normalized spacial score (nSPS) is 33.2. The molecule has 1 saturated carbocycles. The quantitative estimate of drug-likeness (QED) is 0.681. The predicted octanol–water partition coefficient (Wildman–Crippen LogP) is 2.73. The van der Waals surface area contributed by atoms with Gasteiger partial charge in [-0.1, -0.05) is 0 Å². The van der Waals surface area contributed by atoms with E-state index in [2.05, 4.69) is 16.2 Å². The molecule has 0 spiro atoms. The van der Waals surface area contributed by atoms with Crippen molar-refractivity contribution in [2.24, 2.45) is 5.92 Å². The first kappa shape index (κ1) is 19.4. The van der Waals surface area contributed by atoms with E-state index in [-0.39, 0.29) is 17.9 Å². The molecule has 1 saturated heterocycles. The Hall–Kier alpha value is -1.90. The van der Waals surface area contributed by atoms with Gasteiger partial charge >= 0.3 is 6.09 Å². The third kappa shape index (κ3) is 3.81. The predicted molar refractivity (Wildman–Crippen MR) is 100 cm³/mol. The lowest BCUT2D eigenvalue weighted by Crippen LogP contribution is -2.37. The Morgan fingerprint density at radius 3 is 2.93 bits per heavy atom. The minimum absolute atomic E-state index is 0.0401. The smallest absolute Gasteiger partial charge is 0.407 e. The molecule has 2 fully saturated rings. The van der Waals surface area contributed by atoms with E-state index in [1.54, 1.807) is 6.92 Å². The van der Waals surface area contributed by atoms with Crippen molar-refractivity contribution in [1.82, 2.24) is 16.2 Å². The summed E-state index contributed by atoms with van der Waals surface area (Å²) in [6.07, 6.45) is 2.66. The van der Waals surface area contributed by atoms with Crippen LogP contribution in [-0.2, 0) is 9.47 Å². The van der Waals surface area contributed by atoms with Crippen LogP contribution < -0.4 is 20.9 Å². The Morgan fingerprint density at radius 2 is 2.11 bits per heavy atom. The molecule has 5 unspecified atom stereocenters. The fourth-order valence-corrected chi connectivity index (χ4v) is 4.61. The number of rotatable bonds is 1. The van der Waals surface area contributed by atoms with Crippen molar-refractivity contribution in [3.05, 3.63) is 29.1 Å². The Bertz CT molecular complexity index is 732. The average Bonchev–Trinajstić information content (AvgIpc) is 3.09. The zero-order valence-corrected chi connectivity index (χ0v) is 16.3. The third-order valence-electron chi connectivity index (χ3n) is 6.03. The first-order valence-corrected chi connectivity index (χ1v) is 10.0. The van der Waals surface area contributed by atoms with Crippen LogP contribution in [0.25, 0.3) is 0 Å². The molecule has 0 aromatic heterocycles. The Labute approximate surface area is 164 Å². The summed E-state index contributed by atoms with van der Waals surface area (Å²) in [5.74, 6) is -0.0368. The molecule has 1 aliphatic carbocycles. The highest BCUT2D eigenvalue weighted by Crippen LogP contribution is 2.41. The summed E-state index contributed by atoms with van der Waals surface area (Å²) in [5, 5.41) is 2.73. The van der Waals surface area contributed by atoms with E-state index in [9.17, 15) is 9.18 Å². The summed E-state index contributed by atoms with van der Waals surface area (Å²) < 4.78 is 31.6. The third-order valence-corrected chi connectivity index (χ3v) is 6.03. The molecule has 8 heteroatoms. The number of fused-ring (bicyclic) bond motifs is 4. The molecular formula is C20H28FN3O4. The number of cyclic esters (lactones) is 1. The minimum Gasteiger partial charge on any atom is -0.493 e. The summed E-state index contributed by atoms with van der Waals surface area (Å²) in [6, 6.07) is 3.69. The maximum Gasteiger partial charge on any atom is 0.407 e. The molecule has 1 aromatic rings. The van der Waals surface area contributed by atoms with Crippen LogP contribution in [0.5, 0.6) is 5.75 Å². The van der Waals surface area contributed by atoms with Gasteiger partial charge in [-0.15, -0.1) is 0 Å². The fourth-order valence-electron chi connectivity index (χ4n) is 4.61. The maximum atomic E-state index is 14.8. The van der Waals surface area contributed by atoms with Crippen LogP contribution in [0.2, 0.25) is 0 Å². The number of halogens is 1. The standard InChI is InChI=1S/C20H28FN3O4/c1-11-14-8-12(9-16(21)19(14)26-2)18-15-10-13(4-5-17(15)23-24-18)27-7-3-6-22-20(25)28-11/h8-9,11,13,15,17-18,23-24H,3-7,10H2,1-2H3,(H,22,25).